The van der Waals surface area contributed by atoms with Crippen LogP contribution >= 0.6 is 0 Å². The Morgan fingerprint density at radius 3 is 2.47 bits per heavy atom. The minimum Gasteiger partial charge on any atom is -0.495 e. The molecule has 0 saturated heterocycles. The zero-order valence-corrected chi connectivity index (χ0v) is 9.30. The summed E-state index contributed by atoms with van der Waals surface area (Å²) in [5.41, 5.74) is 5.67. The molecule has 0 aliphatic heterocycles. The lowest BCUT2D eigenvalue weighted by Crippen LogP contribution is -2.10. The molecule has 0 spiro atoms. The number of alkyl halides is 3. The quantitative estimate of drug-likeness (QED) is 0.783. The Morgan fingerprint density at radius 1 is 1.29 bits per heavy atom. The molecule has 0 atom stereocenters. The molecule has 2 aromatic rings. The Kier molecular flexibility index (Phi) is 2.45. The normalized spacial score (nSPS) is 12.1. The molecular formula is C11H11F3N2O. The molecule has 0 amide bonds. The standard InChI is InChI=1S/C11H11F3N2O/c1-16-7-3-4-8(17-2)10(15)6(7)5-9(16)11(12,13)14/h3-5H,15H2,1-2H3. The predicted octanol–water partition coefficient (Wildman–Crippen LogP) is 2.79. The largest absolute Gasteiger partial charge is 0.495 e. The molecule has 2 rings (SSSR count). The summed E-state index contributed by atoms with van der Waals surface area (Å²) < 4.78 is 44.2. The number of aryl methyl sites for hydroxylation is 1. The van der Waals surface area contributed by atoms with Crippen LogP contribution in [0, 0.1) is 0 Å². The molecule has 2 N–H and O–H groups in total. The fourth-order valence-electron chi connectivity index (χ4n) is 1.86. The number of aromatic nitrogens is 1. The number of nitrogens with two attached hydrogens (primary N) is 1. The number of rotatable bonds is 1. The smallest absolute Gasteiger partial charge is 0.431 e. The molecule has 0 fully saturated rings. The molecule has 1 aromatic heterocycles. The average molecular weight is 244 g/mol. The molecule has 0 aliphatic carbocycles. The number of nitrogens with zero attached hydrogens (tertiary/aromatic N) is 1. The van der Waals surface area contributed by atoms with Crippen molar-refractivity contribution >= 4 is 16.6 Å². The van der Waals surface area contributed by atoms with Crippen molar-refractivity contribution < 1.29 is 17.9 Å². The van der Waals surface area contributed by atoms with Crippen LogP contribution in [0.5, 0.6) is 5.75 Å². The minimum absolute atomic E-state index is 0.219. The highest BCUT2D eigenvalue weighted by Crippen LogP contribution is 2.37. The second-order valence-corrected chi connectivity index (χ2v) is 3.70. The second-order valence-electron chi connectivity index (χ2n) is 3.70. The third-order valence-electron chi connectivity index (χ3n) is 2.74. The maximum absolute atomic E-state index is 12.7. The van der Waals surface area contributed by atoms with Crippen molar-refractivity contribution in [3.63, 3.8) is 0 Å². The number of benzene rings is 1. The Hall–Kier alpha value is -1.85. The highest BCUT2D eigenvalue weighted by Gasteiger charge is 2.34. The van der Waals surface area contributed by atoms with Crippen LogP contribution < -0.4 is 10.5 Å². The van der Waals surface area contributed by atoms with Crippen LogP contribution in [0.3, 0.4) is 0 Å². The summed E-state index contributed by atoms with van der Waals surface area (Å²) in [6, 6.07) is 4.14. The first-order valence-electron chi connectivity index (χ1n) is 4.85. The topological polar surface area (TPSA) is 40.2 Å². The van der Waals surface area contributed by atoms with Crippen LogP contribution in [0.4, 0.5) is 18.9 Å². The first kappa shape index (κ1) is 11.6. The van der Waals surface area contributed by atoms with Gasteiger partial charge >= 0.3 is 6.18 Å². The second kappa shape index (κ2) is 3.58. The lowest BCUT2D eigenvalue weighted by Gasteiger charge is -2.08. The number of hydrogen-bond acceptors (Lipinski definition) is 2. The van der Waals surface area contributed by atoms with Crippen molar-refractivity contribution in [3.05, 3.63) is 23.9 Å². The van der Waals surface area contributed by atoms with E-state index in [9.17, 15) is 13.2 Å². The number of anilines is 1. The number of hydrogen-bond donors (Lipinski definition) is 1. The van der Waals surface area contributed by atoms with Crippen LogP contribution in [-0.4, -0.2) is 11.7 Å². The van der Waals surface area contributed by atoms with Gasteiger partial charge in [-0.15, -0.1) is 0 Å². The van der Waals surface area contributed by atoms with Gasteiger partial charge in [-0.05, 0) is 18.2 Å². The van der Waals surface area contributed by atoms with Crippen molar-refractivity contribution in [3.8, 4) is 5.75 Å². The summed E-state index contributed by atoms with van der Waals surface area (Å²) in [5, 5.41) is 0.346. The van der Waals surface area contributed by atoms with Crippen molar-refractivity contribution in [2.75, 3.05) is 12.8 Å². The van der Waals surface area contributed by atoms with Crippen LogP contribution in [0.2, 0.25) is 0 Å². The number of fused-ring (bicyclic) bond motifs is 1. The highest BCUT2D eigenvalue weighted by atomic mass is 19.4. The van der Waals surface area contributed by atoms with Gasteiger partial charge in [0, 0.05) is 12.4 Å². The van der Waals surface area contributed by atoms with E-state index < -0.39 is 11.9 Å². The Balaban J connectivity index is 2.78. The van der Waals surface area contributed by atoms with Crippen LogP contribution in [0.15, 0.2) is 18.2 Å². The number of ether oxygens (including phenoxy) is 1. The van der Waals surface area contributed by atoms with E-state index in [1.165, 1.54) is 14.2 Å². The van der Waals surface area contributed by atoms with Gasteiger partial charge < -0.3 is 15.0 Å². The van der Waals surface area contributed by atoms with Crippen molar-refractivity contribution in [2.24, 2.45) is 7.05 Å². The zero-order valence-electron chi connectivity index (χ0n) is 9.30. The summed E-state index contributed by atoms with van der Waals surface area (Å²) in [6.45, 7) is 0. The molecule has 0 saturated carbocycles. The van der Waals surface area contributed by atoms with Gasteiger partial charge in [0.25, 0.3) is 0 Å². The minimum atomic E-state index is -4.40. The van der Waals surface area contributed by atoms with Crippen molar-refractivity contribution in [1.82, 2.24) is 4.57 Å². The van der Waals surface area contributed by atoms with Gasteiger partial charge in [0.1, 0.15) is 11.4 Å². The summed E-state index contributed by atoms with van der Waals surface area (Å²) in [7, 11) is 2.78. The first-order valence-corrected chi connectivity index (χ1v) is 4.85. The SMILES string of the molecule is COc1ccc2c(cc(C(F)(F)F)n2C)c1N. The lowest BCUT2D eigenvalue weighted by molar-refractivity contribution is -0.142. The van der Waals surface area contributed by atoms with E-state index in [2.05, 4.69) is 0 Å². The number of nitrogen functional groups attached to an aromatic ring is 1. The van der Waals surface area contributed by atoms with Gasteiger partial charge in [-0.2, -0.15) is 13.2 Å². The summed E-state index contributed by atoms with van der Waals surface area (Å²) in [5.74, 6) is 0.372. The van der Waals surface area contributed by atoms with Gasteiger partial charge in [0.2, 0.25) is 0 Å². The Bertz CT molecular complexity index is 572. The summed E-state index contributed by atoms with van der Waals surface area (Å²) >= 11 is 0. The third kappa shape index (κ3) is 1.69. The van der Waals surface area contributed by atoms with Crippen LogP contribution in [-0.2, 0) is 13.2 Å². The van der Waals surface area contributed by atoms with Gasteiger partial charge in [-0.3, -0.25) is 0 Å². The lowest BCUT2D eigenvalue weighted by atomic mass is 10.2. The van der Waals surface area contributed by atoms with Gasteiger partial charge in [-0.25, -0.2) is 0 Å². The van der Waals surface area contributed by atoms with Crippen LogP contribution in [0.1, 0.15) is 5.69 Å². The molecule has 92 valence electrons. The summed E-state index contributed by atoms with van der Waals surface area (Å²) in [6.07, 6.45) is -4.40. The third-order valence-corrected chi connectivity index (χ3v) is 2.74. The first-order chi connectivity index (χ1) is 7.86. The maximum Gasteiger partial charge on any atom is 0.431 e. The van der Waals surface area contributed by atoms with Gasteiger partial charge in [-0.1, -0.05) is 0 Å². The van der Waals surface area contributed by atoms with Gasteiger partial charge in [0.15, 0.2) is 0 Å². The molecule has 1 heterocycles. The molecule has 17 heavy (non-hydrogen) atoms. The van der Waals surface area contributed by atoms with E-state index >= 15 is 0 Å². The van der Waals surface area contributed by atoms with E-state index in [0.29, 0.717) is 16.7 Å². The molecule has 3 nitrogen and oxygen atoms in total. The monoisotopic (exact) mass is 244 g/mol. The maximum atomic E-state index is 12.7. The van der Waals surface area contributed by atoms with E-state index in [0.717, 1.165) is 10.6 Å². The fourth-order valence-corrected chi connectivity index (χ4v) is 1.86. The molecule has 0 bridgehead atoms. The van der Waals surface area contributed by atoms with E-state index in [4.69, 9.17) is 10.5 Å². The molecular weight excluding hydrogens is 233 g/mol. The number of methoxy groups -OCH3 is 1. The Labute approximate surface area is 95.6 Å². The van der Waals surface area contributed by atoms with Crippen molar-refractivity contribution in [2.45, 2.75) is 6.18 Å². The van der Waals surface area contributed by atoms with E-state index in [1.54, 1.807) is 12.1 Å². The summed E-state index contributed by atoms with van der Waals surface area (Å²) in [4.78, 5) is 0. The van der Waals surface area contributed by atoms with E-state index in [1.807, 2.05) is 0 Å². The van der Waals surface area contributed by atoms with Crippen molar-refractivity contribution in [1.29, 1.82) is 0 Å². The average Bonchev–Trinajstić information content (AvgIpc) is 2.57. The molecule has 0 radical (unpaired) electrons. The van der Waals surface area contributed by atoms with Crippen LogP contribution in [0.25, 0.3) is 10.9 Å². The van der Waals surface area contributed by atoms with Gasteiger partial charge in [0.05, 0.1) is 18.3 Å². The highest BCUT2D eigenvalue weighted by molar-refractivity contribution is 5.95. The molecule has 1 aromatic carbocycles. The zero-order chi connectivity index (χ0) is 12.8. The number of halogens is 3. The molecule has 0 aliphatic rings. The van der Waals surface area contributed by atoms with E-state index in [-0.39, 0.29) is 5.69 Å². The molecule has 6 heteroatoms. The molecule has 0 unspecified atom stereocenters. The predicted molar refractivity (Wildman–Crippen MR) is 58.9 cm³/mol. The fraction of sp³-hybridized carbons (Fsp3) is 0.273. The Morgan fingerprint density at radius 2 is 1.94 bits per heavy atom.